The molecule has 0 aromatic heterocycles. The zero-order valence-electron chi connectivity index (χ0n) is 9.58. The van der Waals surface area contributed by atoms with Gasteiger partial charge in [-0.2, -0.15) is 0 Å². The number of amidine groups is 1. The fourth-order valence-corrected chi connectivity index (χ4v) is 2.56. The normalized spacial score (nSPS) is 10.3. The summed E-state index contributed by atoms with van der Waals surface area (Å²) in [6.45, 7) is 0. The van der Waals surface area contributed by atoms with E-state index in [-0.39, 0.29) is 5.84 Å². The number of benzene rings is 2. The van der Waals surface area contributed by atoms with Gasteiger partial charge in [0.25, 0.3) is 0 Å². The average molecular weight is 360 g/mol. The van der Waals surface area contributed by atoms with Crippen LogP contribution in [0.15, 0.2) is 40.9 Å². The molecular formula is C13H9BrCl2N2O. The van der Waals surface area contributed by atoms with Crippen LogP contribution in [0.4, 0.5) is 0 Å². The Kier molecular flexibility index (Phi) is 4.34. The summed E-state index contributed by atoms with van der Waals surface area (Å²) >= 11 is 15.2. The molecule has 98 valence electrons. The van der Waals surface area contributed by atoms with Crippen molar-refractivity contribution in [3.63, 3.8) is 0 Å². The Balaban J connectivity index is 2.44. The quantitative estimate of drug-likeness (QED) is 0.608. The van der Waals surface area contributed by atoms with E-state index in [0.29, 0.717) is 31.6 Å². The van der Waals surface area contributed by atoms with Gasteiger partial charge in [0.15, 0.2) is 0 Å². The minimum atomic E-state index is -0.148. The van der Waals surface area contributed by atoms with Crippen molar-refractivity contribution in [2.45, 2.75) is 0 Å². The SMILES string of the molecule is N=C(N)c1c(Cl)cccc1Oc1ccc(Cl)cc1Br. The maximum Gasteiger partial charge on any atom is 0.141 e. The maximum atomic E-state index is 7.55. The third kappa shape index (κ3) is 3.21. The summed E-state index contributed by atoms with van der Waals surface area (Å²) in [6.07, 6.45) is 0. The topological polar surface area (TPSA) is 59.1 Å². The first-order valence-electron chi connectivity index (χ1n) is 5.25. The molecule has 3 N–H and O–H groups in total. The molecule has 0 bridgehead atoms. The number of hydrogen-bond donors (Lipinski definition) is 2. The van der Waals surface area contributed by atoms with E-state index in [0.717, 1.165) is 0 Å². The lowest BCUT2D eigenvalue weighted by Gasteiger charge is -2.12. The summed E-state index contributed by atoms with van der Waals surface area (Å²) in [5, 5.41) is 8.52. The van der Waals surface area contributed by atoms with Crippen molar-refractivity contribution in [2.24, 2.45) is 5.73 Å². The van der Waals surface area contributed by atoms with Crippen LogP contribution in [0.25, 0.3) is 0 Å². The number of hydrogen-bond acceptors (Lipinski definition) is 2. The van der Waals surface area contributed by atoms with E-state index in [1.165, 1.54) is 0 Å². The second-order valence-electron chi connectivity index (χ2n) is 3.70. The molecule has 0 aliphatic heterocycles. The van der Waals surface area contributed by atoms with E-state index < -0.39 is 0 Å². The number of nitrogens with one attached hydrogen (secondary N) is 1. The van der Waals surface area contributed by atoms with Crippen molar-refractivity contribution in [1.82, 2.24) is 0 Å². The molecule has 0 saturated heterocycles. The molecule has 0 saturated carbocycles. The van der Waals surface area contributed by atoms with Crippen molar-refractivity contribution in [3.8, 4) is 11.5 Å². The van der Waals surface area contributed by atoms with Crippen LogP contribution < -0.4 is 10.5 Å². The zero-order chi connectivity index (χ0) is 14.0. The van der Waals surface area contributed by atoms with Crippen LogP contribution >= 0.6 is 39.1 Å². The van der Waals surface area contributed by atoms with Crippen LogP contribution in [0.5, 0.6) is 11.5 Å². The zero-order valence-corrected chi connectivity index (χ0v) is 12.7. The predicted molar refractivity (Wildman–Crippen MR) is 81.7 cm³/mol. The number of halogens is 3. The average Bonchev–Trinajstić information content (AvgIpc) is 2.32. The first-order valence-corrected chi connectivity index (χ1v) is 6.79. The van der Waals surface area contributed by atoms with Crippen LogP contribution in [0.1, 0.15) is 5.56 Å². The second kappa shape index (κ2) is 5.82. The molecule has 0 radical (unpaired) electrons. The number of ether oxygens (including phenoxy) is 1. The first kappa shape index (κ1) is 14.2. The molecule has 0 aliphatic rings. The summed E-state index contributed by atoms with van der Waals surface area (Å²) in [6, 6.07) is 10.2. The molecule has 2 rings (SSSR count). The number of nitrogens with two attached hydrogens (primary N) is 1. The Bertz CT molecular complexity index is 647. The van der Waals surface area contributed by atoms with Gasteiger partial charge in [-0.15, -0.1) is 0 Å². The van der Waals surface area contributed by atoms with Crippen molar-refractivity contribution in [2.75, 3.05) is 0 Å². The van der Waals surface area contributed by atoms with Crippen LogP contribution in [-0.2, 0) is 0 Å². The Morgan fingerprint density at radius 1 is 1.16 bits per heavy atom. The fraction of sp³-hybridized carbons (Fsp3) is 0. The van der Waals surface area contributed by atoms with Gasteiger partial charge in [-0.3, -0.25) is 5.41 Å². The van der Waals surface area contributed by atoms with Crippen molar-refractivity contribution in [3.05, 3.63) is 56.5 Å². The highest BCUT2D eigenvalue weighted by Crippen LogP contribution is 2.35. The van der Waals surface area contributed by atoms with Gasteiger partial charge in [0.1, 0.15) is 17.3 Å². The predicted octanol–water partition coefficient (Wildman–Crippen LogP) is 4.83. The Labute approximate surface area is 128 Å². The van der Waals surface area contributed by atoms with Gasteiger partial charge in [-0.1, -0.05) is 29.3 Å². The highest BCUT2D eigenvalue weighted by Gasteiger charge is 2.13. The summed E-state index contributed by atoms with van der Waals surface area (Å²) in [5.41, 5.74) is 5.88. The molecule has 0 spiro atoms. The van der Waals surface area contributed by atoms with E-state index in [1.54, 1.807) is 36.4 Å². The monoisotopic (exact) mass is 358 g/mol. The molecule has 0 heterocycles. The van der Waals surface area contributed by atoms with Crippen LogP contribution in [0.3, 0.4) is 0 Å². The molecule has 19 heavy (non-hydrogen) atoms. The lowest BCUT2D eigenvalue weighted by molar-refractivity contribution is 0.478. The smallest absolute Gasteiger partial charge is 0.141 e. The summed E-state index contributed by atoms with van der Waals surface area (Å²) in [7, 11) is 0. The largest absolute Gasteiger partial charge is 0.455 e. The Morgan fingerprint density at radius 3 is 2.53 bits per heavy atom. The summed E-state index contributed by atoms with van der Waals surface area (Å²) < 4.78 is 6.43. The van der Waals surface area contributed by atoms with Gasteiger partial charge >= 0.3 is 0 Å². The third-order valence-corrected chi connectivity index (χ3v) is 3.53. The Morgan fingerprint density at radius 2 is 1.89 bits per heavy atom. The summed E-state index contributed by atoms with van der Waals surface area (Å²) in [5.74, 6) is 0.836. The van der Waals surface area contributed by atoms with E-state index in [9.17, 15) is 0 Å². The van der Waals surface area contributed by atoms with Crippen molar-refractivity contribution < 1.29 is 4.74 Å². The molecule has 0 fully saturated rings. The van der Waals surface area contributed by atoms with E-state index in [1.807, 2.05) is 0 Å². The minimum Gasteiger partial charge on any atom is -0.455 e. The van der Waals surface area contributed by atoms with Gasteiger partial charge < -0.3 is 10.5 Å². The van der Waals surface area contributed by atoms with Crippen molar-refractivity contribution in [1.29, 1.82) is 5.41 Å². The fourth-order valence-electron chi connectivity index (χ4n) is 1.53. The minimum absolute atomic E-state index is 0.148. The molecule has 0 amide bonds. The van der Waals surface area contributed by atoms with E-state index in [2.05, 4.69) is 15.9 Å². The molecule has 0 aliphatic carbocycles. The van der Waals surface area contributed by atoms with Crippen LogP contribution in [-0.4, -0.2) is 5.84 Å². The molecule has 2 aromatic rings. The molecule has 0 atom stereocenters. The molecular weight excluding hydrogens is 351 g/mol. The molecule has 2 aromatic carbocycles. The lowest BCUT2D eigenvalue weighted by atomic mass is 10.2. The van der Waals surface area contributed by atoms with Gasteiger partial charge in [-0.25, -0.2) is 0 Å². The number of nitrogen functional groups attached to an aromatic ring is 1. The molecule has 6 heteroatoms. The molecule has 0 unspecified atom stereocenters. The van der Waals surface area contributed by atoms with Crippen molar-refractivity contribution >= 4 is 45.0 Å². The number of rotatable bonds is 3. The van der Waals surface area contributed by atoms with Gasteiger partial charge in [0, 0.05) is 5.02 Å². The van der Waals surface area contributed by atoms with E-state index in [4.69, 9.17) is 39.1 Å². The summed E-state index contributed by atoms with van der Waals surface area (Å²) in [4.78, 5) is 0. The molecule has 3 nitrogen and oxygen atoms in total. The van der Waals surface area contributed by atoms with Gasteiger partial charge in [-0.05, 0) is 46.3 Å². The third-order valence-electron chi connectivity index (χ3n) is 2.36. The van der Waals surface area contributed by atoms with E-state index >= 15 is 0 Å². The Hall–Kier alpha value is -1.23. The second-order valence-corrected chi connectivity index (χ2v) is 5.40. The highest BCUT2D eigenvalue weighted by molar-refractivity contribution is 9.10. The maximum absolute atomic E-state index is 7.55. The highest BCUT2D eigenvalue weighted by atomic mass is 79.9. The lowest BCUT2D eigenvalue weighted by Crippen LogP contribution is -2.13. The van der Waals surface area contributed by atoms with Gasteiger partial charge in [0.2, 0.25) is 0 Å². The standard InChI is InChI=1S/C13H9BrCl2N2O/c14-8-6-7(15)4-5-10(8)19-11-3-1-2-9(16)12(11)13(17)18/h1-6H,(H3,17,18). The van der Waals surface area contributed by atoms with Crippen LogP contribution in [0.2, 0.25) is 10.0 Å². The first-order chi connectivity index (χ1) is 8.99. The van der Waals surface area contributed by atoms with Gasteiger partial charge in [0.05, 0.1) is 15.1 Å². The van der Waals surface area contributed by atoms with Crippen LogP contribution in [0, 0.1) is 5.41 Å².